The SMILES string of the molecule is Cc1cccc(CN)c1C(=O)O. The minimum absolute atomic E-state index is 0.267. The average molecular weight is 165 g/mol. The second-order valence-corrected chi connectivity index (χ2v) is 2.62. The molecule has 64 valence electrons. The highest BCUT2D eigenvalue weighted by Crippen LogP contribution is 2.13. The largest absolute Gasteiger partial charge is 0.478 e. The zero-order chi connectivity index (χ0) is 9.14. The predicted molar refractivity (Wildman–Crippen MR) is 46.0 cm³/mol. The Kier molecular flexibility index (Phi) is 2.45. The third kappa shape index (κ3) is 1.46. The number of rotatable bonds is 2. The zero-order valence-corrected chi connectivity index (χ0v) is 6.87. The van der Waals surface area contributed by atoms with Crippen molar-refractivity contribution in [2.24, 2.45) is 5.73 Å². The summed E-state index contributed by atoms with van der Waals surface area (Å²) in [4.78, 5) is 10.7. The second-order valence-electron chi connectivity index (χ2n) is 2.62. The molecule has 0 aliphatic rings. The van der Waals surface area contributed by atoms with E-state index in [0.29, 0.717) is 11.1 Å². The van der Waals surface area contributed by atoms with Crippen LogP contribution in [0.1, 0.15) is 21.5 Å². The van der Waals surface area contributed by atoms with Crippen molar-refractivity contribution in [3.05, 3.63) is 34.9 Å². The van der Waals surface area contributed by atoms with E-state index >= 15 is 0 Å². The van der Waals surface area contributed by atoms with Crippen molar-refractivity contribution < 1.29 is 9.90 Å². The first kappa shape index (κ1) is 8.74. The van der Waals surface area contributed by atoms with Gasteiger partial charge in [0.25, 0.3) is 0 Å². The summed E-state index contributed by atoms with van der Waals surface area (Å²) in [6.07, 6.45) is 0. The average Bonchev–Trinajstić information content (AvgIpc) is 2.03. The van der Waals surface area contributed by atoms with Crippen LogP contribution in [0.25, 0.3) is 0 Å². The molecule has 3 heteroatoms. The topological polar surface area (TPSA) is 63.3 Å². The first-order chi connectivity index (χ1) is 5.66. The number of carbonyl (C=O) groups is 1. The van der Waals surface area contributed by atoms with Gasteiger partial charge < -0.3 is 10.8 Å². The molecule has 0 saturated carbocycles. The molecule has 0 aliphatic carbocycles. The van der Waals surface area contributed by atoms with Crippen molar-refractivity contribution in [2.45, 2.75) is 13.5 Å². The number of aromatic carboxylic acids is 1. The van der Waals surface area contributed by atoms with Gasteiger partial charge in [0.2, 0.25) is 0 Å². The van der Waals surface area contributed by atoms with Gasteiger partial charge in [0.05, 0.1) is 5.56 Å². The molecule has 0 unspecified atom stereocenters. The molecular weight excluding hydrogens is 154 g/mol. The van der Waals surface area contributed by atoms with E-state index in [0.717, 1.165) is 5.56 Å². The van der Waals surface area contributed by atoms with Crippen LogP contribution in [0.3, 0.4) is 0 Å². The molecule has 12 heavy (non-hydrogen) atoms. The lowest BCUT2D eigenvalue weighted by molar-refractivity contribution is 0.0695. The number of carboxylic acids is 1. The number of hydrogen-bond acceptors (Lipinski definition) is 2. The summed E-state index contributed by atoms with van der Waals surface area (Å²) in [5.74, 6) is -0.909. The van der Waals surface area contributed by atoms with E-state index in [-0.39, 0.29) is 6.54 Å². The molecule has 3 nitrogen and oxygen atoms in total. The Labute approximate surface area is 70.8 Å². The van der Waals surface area contributed by atoms with Crippen LogP contribution in [0.4, 0.5) is 0 Å². The molecule has 1 aromatic rings. The molecular formula is C9H11NO2. The fourth-order valence-corrected chi connectivity index (χ4v) is 1.20. The lowest BCUT2D eigenvalue weighted by Gasteiger charge is -2.05. The van der Waals surface area contributed by atoms with Gasteiger partial charge in [0, 0.05) is 6.54 Å². The molecule has 0 aliphatic heterocycles. The predicted octanol–water partition coefficient (Wildman–Crippen LogP) is 1.15. The summed E-state index contributed by atoms with van der Waals surface area (Å²) < 4.78 is 0. The number of aryl methyl sites for hydroxylation is 1. The van der Waals surface area contributed by atoms with Crippen LogP contribution in [0.5, 0.6) is 0 Å². The summed E-state index contributed by atoms with van der Waals surface area (Å²) in [7, 11) is 0. The Morgan fingerprint density at radius 2 is 2.25 bits per heavy atom. The second kappa shape index (κ2) is 3.36. The van der Waals surface area contributed by atoms with Crippen molar-refractivity contribution in [1.29, 1.82) is 0 Å². The number of benzene rings is 1. The third-order valence-corrected chi connectivity index (χ3v) is 1.79. The summed E-state index contributed by atoms with van der Waals surface area (Å²) in [6, 6.07) is 5.31. The van der Waals surface area contributed by atoms with Crippen LogP contribution in [0.2, 0.25) is 0 Å². The summed E-state index contributed by atoms with van der Waals surface area (Å²) >= 11 is 0. The Hall–Kier alpha value is -1.35. The standard InChI is InChI=1S/C9H11NO2/c1-6-3-2-4-7(5-10)8(6)9(11)12/h2-4H,5,10H2,1H3,(H,11,12). The van der Waals surface area contributed by atoms with E-state index in [2.05, 4.69) is 0 Å². The molecule has 0 aromatic heterocycles. The highest BCUT2D eigenvalue weighted by molar-refractivity contribution is 5.91. The number of carboxylic acid groups (broad SMARTS) is 1. The van der Waals surface area contributed by atoms with Crippen LogP contribution in [0.15, 0.2) is 18.2 Å². The summed E-state index contributed by atoms with van der Waals surface area (Å²) in [5.41, 5.74) is 7.17. The van der Waals surface area contributed by atoms with E-state index in [1.54, 1.807) is 19.1 Å². The maximum absolute atomic E-state index is 10.7. The first-order valence-electron chi connectivity index (χ1n) is 3.68. The first-order valence-corrected chi connectivity index (χ1v) is 3.68. The van der Waals surface area contributed by atoms with Crippen molar-refractivity contribution in [3.63, 3.8) is 0 Å². The Morgan fingerprint density at radius 3 is 2.67 bits per heavy atom. The molecule has 0 amide bonds. The van der Waals surface area contributed by atoms with Crippen molar-refractivity contribution >= 4 is 5.97 Å². The van der Waals surface area contributed by atoms with E-state index in [9.17, 15) is 4.79 Å². The van der Waals surface area contributed by atoms with Crippen molar-refractivity contribution in [2.75, 3.05) is 0 Å². The van der Waals surface area contributed by atoms with Gasteiger partial charge in [-0.3, -0.25) is 0 Å². The quantitative estimate of drug-likeness (QED) is 0.691. The fraction of sp³-hybridized carbons (Fsp3) is 0.222. The van der Waals surface area contributed by atoms with E-state index in [1.807, 2.05) is 6.07 Å². The molecule has 1 rings (SSSR count). The van der Waals surface area contributed by atoms with E-state index < -0.39 is 5.97 Å². The summed E-state index contributed by atoms with van der Waals surface area (Å²) in [5, 5.41) is 8.82. The van der Waals surface area contributed by atoms with Crippen molar-refractivity contribution in [3.8, 4) is 0 Å². The van der Waals surface area contributed by atoms with Gasteiger partial charge in [0.15, 0.2) is 0 Å². The minimum Gasteiger partial charge on any atom is -0.478 e. The summed E-state index contributed by atoms with van der Waals surface area (Å²) in [6.45, 7) is 2.03. The Morgan fingerprint density at radius 1 is 1.58 bits per heavy atom. The normalized spacial score (nSPS) is 9.83. The lowest BCUT2D eigenvalue weighted by atomic mass is 10.0. The molecule has 0 radical (unpaired) electrons. The van der Waals surface area contributed by atoms with Gasteiger partial charge in [0.1, 0.15) is 0 Å². The van der Waals surface area contributed by atoms with E-state index in [1.165, 1.54) is 0 Å². The van der Waals surface area contributed by atoms with Gasteiger partial charge in [-0.2, -0.15) is 0 Å². The van der Waals surface area contributed by atoms with Crippen LogP contribution in [0, 0.1) is 6.92 Å². The van der Waals surface area contributed by atoms with Gasteiger partial charge in [-0.15, -0.1) is 0 Å². The van der Waals surface area contributed by atoms with Crippen LogP contribution < -0.4 is 5.73 Å². The van der Waals surface area contributed by atoms with Gasteiger partial charge in [-0.1, -0.05) is 18.2 Å². The maximum Gasteiger partial charge on any atom is 0.336 e. The van der Waals surface area contributed by atoms with Crippen molar-refractivity contribution in [1.82, 2.24) is 0 Å². The molecule has 1 aromatic carbocycles. The zero-order valence-electron chi connectivity index (χ0n) is 6.87. The van der Waals surface area contributed by atoms with Crippen LogP contribution in [-0.4, -0.2) is 11.1 Å². The number of hydrogen-bond donors (Lipinski definition) is 2. The highest BCUT2D eigenvalue weighted by atomic mass is 16.4. The van der Waals surface area contributed by atoms with Gasteiger partial charge >= 0.3 is 5.97 Å². The third-order valence-electron chi connectivity index (χ3n) is 1.79. The molecule has 0 fully saturated rings. The fourth-order valence-electron chi connectivity index (χ4n) is 1.20. The van der Waals surface area contributed by atoms with Gasteiger partial charge in [-0.25, -0.2) is 4.79 Å². The van der Waals surface area contributed by atoms with E-state index in [4.69, 9.17) is 10.8 Å². The van der Waals surface area contributed by atoms with Crippen LogP contribution in [-0.2, 0) is 6.54 Å². The Balaban J connectivity index is 3.29. The minimum atomic E-state index is -0.909. The van der Waals surface area contributed by atoms with Crippen LogP contribution >= 0.6 is 0 Å². The maximum atomic E-state index is 10.7. The molecule has 0 heterocycles. The lowest BCUT2D eigenvalue weighted by Crippen LogP contribution is -2.08. The highest BCUT2D eigenvalue weighted by Gasteiger charge is 2.10. The molecule has 0 bridgehead atoms. The number of nitrogens with two attached hydrogens (primary N) is 1. The molecule has 0 atom stereocenters. The van der Waals surface area contributed by atoms with Gasteiger partial charge in [-0.05, 0) is 18.1 Å². The molecule has 0 saturated heterocycles. The monoisotopic (exact) mass is 165 g/mol. The molecule has 3 N–H and O–H groups in total. The smallest absolute Gasteiger partial charge is 0.336 e. The molecule has 0 spiro atoms. The Bertz CT molecular complexity index is 307.